The molecular formula is C12H10FN3O4. The standard InChI is InChI=1S/C12H10FN3O4/c1-19-11(17)9-10(12(18)20-2)16(15-14-9)8-6-4-3-5-7(8)13/h3-6H,1-2H3. The lowest BCUT2D eigenvalue weighted by Gasteiger charge is -2.06. The van der Waals surface area contributed by atoms with E-state index in [1.54, 1.807) is 6.07 Å². The Morgan fingerprint density at radius 3 is 2.40 bits per heavy atom. The second-order valence-electron chi connectivity index (χ2n) is 3.63. The first-order chi connectivity index (χ1) is 9.60. The average Bonchev–Trinajstić information content (AvgIpc) is 2.90. The lowest BCUT2D eigenvalue weighted by molar-refractivity contribution is 0.0545. The zero-order valence-corrected chi connectivity index (χ0v) is 10.7. The number of para-hydroxylation sites is 1. The maximum absolute atomic E-state index is 13.8. The van der Waals surface area contributed by atoms with E-state index in [-0.39, 0.29) is 17.1 Å². The van der Waals surface area contributed by atoms with Crippen LogP contribution < -0.4 is 0 Å². The topological polar surface area (TPSA) is 83.3 Å². The number of halogens is 1. The number of nitrogens with zero attached hydrogens (tertiary/aromatic N) is 3. The van der Waals surface area contributed by atoms with E-state index in [0.29, 0.717) is 0 Å². The summed E-state index contributed by atoms with van der Waals surface area (Å²) in [4.78, 5) is 23.3. The average molecular weight is 279 g/mol. The third kappa shape index (κ3) is 2.22. The van der Waals surface area contributed by atoms with E-state index in [9.17, 15) is 14.0 Å². The van der Waals surface area contributed by atoms with Gasteiger partial charge in [0.25, 0.3) is 0 Å². The van der Waals surface area contributed by atoms with Crippen LogP contribution in [0.5, 0.6) is 0 Å². The molecule has 1 aromatic carbocycles. The summed E-state index contributed by atoms with van der Waals surface area (Å²) in [6.07, 6.45) is 0. The summed E-state index contributed by atoms with van der Waals surface area (Å²) in [5, 5.41) is 7.15. The molecule has 1 heterocycles. The molecule has 20 heavy (non-hydrogen) atoms. The number of benzene rings is 1. The minimum atomic E-state index is -0.876. The summed E-state index contributed by atoms with van der Waals surface area (Å²) in [7, 11) is 2.26. The molecule has 7 nitrogen and oxygen atoms in total. The molecule has 0 saturated heterocycles. The number of aromatic nitrogens is 3. The molecule has 2 aromatic rings. The van der Waals surface area contributed by atoms with Crippen LogP contribution in [0.15, 0.2) is 24.3 Å². The van der Waals surface area contributed by atoms with E-state index in [1.807, 2.05) is 0 Å². The van der Waals surface area contributed by atoms with E-state index in [2.05, 4.69) is 19.8 Å². The fraction of sp³-hybridized carbons (Fsp3) is 0.167. The Morgan fingerprint density at radius 1 is 1.15 bits per heavy atom. The van der Waals surface area contributed by atoms with Crippen molar-refractivity contribution in [3.05, 3.63) is 41.5 Å². The van der Waals surface area contributed by atoms with Crippen molar-refractivity contribution < 1.29 is 23.5 Å². The van der Waals surface area contributed by atoms with Gasteiger partial charge in [-0.3, -0.25) is 0 Å². The van der Waals surface area contributed by atoms with Crippen LogP contribution in [0, 0.1) is 5.82 Å². The Kier molecular flexibility index (Phi) is 3.74. The van der Waals surface area contributed by atoms with Crippen molar-refractivity contribution in [3.63, 3.8) is 0 Å². The van der Waals surface area contributed by atoms with Gasteiger partial charge < -0.3 is 9.47 Å². The largest absolute Gasteiger partial charge is 0.464 e. The van der Waals surface area contributed by atoms with Gasteiger partial charge in [0.05, 0.1) is 14.2 Å². The van der Waals surface area contributed by atoms with Gasteiger partial charge in [0.15, 0.2) is 5.69 Å². The van der Waals surface area contributed by atoms with Gasteiger partial charge >= 0.3 is 11.9 Å². The number of ether oxygens (including phenoxy) is 2. The summed E-state index contributed by atoms with van der Waals surface area (Å²) < 4.78 is 23.7. The van der Waals surface area contributed by atoms with E-state index in [1.165, 1.54) is 18.2 Å². The highest BCUT2D eigenvalue weighted by molar-refractivity contribution is 6.00. The Bertz CT molecular complexity index is 668. The van der Waals surface area contributed by atoms with Crippen LogP contribution in [0.25, 0.3) is 5.69 Å². The Morgan fingerprint density at radius 2 is 1.80 bits per heavy atom. The Hall–Kier alpha value is -2.77. The second kappa shape index (κ2) is 5.47. The number of carbonyl (C=O) groups is 2. The third-order valence-corrected chi connectivity index (χ3v) is 2.51. The summed E-state index contributed by atoms with van der Waals surface area (Å²) in [6.45, 7) is 0. The predicted octanol–water partition coefficient (Wildman–Crippen LogP) is 0.980. The normalized spacial score (nSPS) is 10.2. The van der Waals surface area contributed by atoms with E-state index < -0.39 is 17.8 Å². The first-order valence-corrected chi connectivity index (χ1v) is 5.47. The molecule has 8 heteroatoms. The molecule has 104 valence electrons. The lowest BCUT2D eigenvalue weighted by atomic mass is 10.2. The number of rotatable bonds is 3. The summed E-state index contributed by atoms with van der Waals surface area (Å²) >= 11 is 0. The highest BCUT2D eigenvalue weighted by Crippen LogP contribution is 2.17. The van der Waals surface area contributed by atoms with Crippen LogP contribution in [-0.2, 0) is 9.47 Å². The molecule has 0 unspecified atom stereocenters. The highest BCUT2D eigenvalue weighted by atomic mass is 19.1. The second-order valence-corrected chi connectivity index (χ2v) is 3.63. The van der Waals surface area contributed by atoms with Gasteiger partial charge in [0, 0.05) is 0 Å². The summed E-state index contributed by atoms with van der Waals surface area (Å²) in [6, 6.07) is 5.61. The molecule has 0 aliphatic rings. The van der Waals surface area contributed by atoms with Gasteiger partial charge in [-0.2, -0.15) is 0 Å². The van der Waals surface area contributed by atoms with Crippen molar-refractivity contribution in [1.82, 2.24) is 15.0 Å². The van der Waals surface area contributed by atoms with Gasteiger partial charge in [-0.25, -0.2) is 18.7 Å². The molecule has 0 saturated carbocycles. The maximum Gasteiger partial charge on any atom is 0.361 e. The molecule has 1 aromatic heterocycles. The fourth-order valence-electron chi connectivity index (χ4n) is 1.59. The zero-order chi connectivity index (χ0) is 14.7. The van der Waals surface area contributed by atoms with Crippen LogP contribution in [0.1, 0.15) is 21.0 Å². The molecule has 0 atom stereocenters. The van der Waals surface area contributed by atoms with Crippen LogP contribution in [0.3, 0.4) is 0 Å². The van der Waals surface area contributed by atoms with Gasteiger partial charge in [0.1, 0.15) is 11.5 Å². The molecule has 0 N–H and O–H groups in total. The van der Waals surface area contributed by atoms with E-state index in [4.69, 9.17) is 0 Å². The van der Waals surface area contributed by atoms with E-state index >= 15 is 0 Å². The number of methoxy groups -OCH3 is 2. The molecule has 0 fully saturated rings. The molecule has 0 amide bonds. The summed E-state index contributed by atoms with van der Waals surface area (Å²) in [5.41, 5.74) is -0.678. The number of esters is 2. The number of hydrogen-bond donors (Lipinski definition) is 0. The number of carbonyl (C=O) groups excluding carboxylic acids is 2. The van der Waals surface area contributed by atoms with Gasteiger partial charge in [-0.15, -0.1) is 5.10 Å². The van der Waals surface area contributed by atoms with Crippen molar-refractivity contribution in [3.8, 4) is 5.69 Å². The first kappa shape index (κ1) is 13.7. The number of hydrogen-bond acceptors (Lipinski definition) is 6. The van der Waals surface area contributed by atoms with Gasteiger partial charge in [0.2, 0.25) is 5.69 Å². The van der Waals surface area contributed by atoms with E-state index in [0.717, 1.165) is 18.9 Å². The smallest absolute Gasteiger partial charge is 0.361 e. The van der Waals surface area contributed by atoms with Gasteiger partial charge in [-0.1, -0.05) is 17.3 Å². The molecule has 2 rings (SSSR count). The van der Waals surface area contributed by atoms with Gasteiger partial charge in [-0.05, 0) is 12.1 Å². The molecule has 0 aliphatic heterocycles. The van der Waals surface area contributed by atoms with Crippen molar-refractivity contribution in [2.45, 2.75) is 0 Å². The van der Waals surface area contributed by atoms with Crippen molar-refractivity contribution in [2.75, 3.05) is 14.2 Å². The van der Waals surface area contributed by atoms with Crippen LogP contribution in [-0.4, -0.2) is 41.2 Å². The maximum atomic E-state index is 13.8. The predicted molar refractivity (Wildman–Crippen MR) is 64.0 cm³/mol. The van der Waals surface area contributed by atoms with Crippen molar-refractivity contribution in [2.24, 2.45) is 0 Å². The third-order valence-electron chi connectivity index (χ3n) is 2.51. The van der Waals surface area contributed by atoms with Crippen LogP contribution in [0.4, 0.5) is 4.39 Å². The molecule has 0 aliphatic carbocycles. The SMILES string of the molecule is COC(=O)c1nnn(-c2ccccc2F)c1C(=O)OC. The minimum Gasteiger partial charge on any atom is -0.464 e. The molecule has 0 spiro atoms. The van der Waals surface area contributed by atoms with Crippen LogP contribution in [0.2, 0.25) is 0 Å². The van der Waals surface area contributed by atoms with Crippen molar-refractivity contribution >= 4 is 11.9 Å². The van der Waals surface area contributed by atoms with Crippen LogP contribution >= 0.6 is 0 Å². The monoisotopic (exact) mass is 279 g/mol. The molecular weight excluding hydrogens is 269 g/mol. The highest BCUT2D eigenvalue weighted by Gasteiger charge is 2.28. The lowest BCUT2D eigenvalue weighted by Crippen LogP contribution is -2.16. The minimum absolute atomic E-state index is 0.0319. The Labute approximate surface area is 112 Å². The van der Waals surface area contributed by atoms with Crippen molar-refractivity contribution in [1.29, 1.82) is 0 Å². The fourth-order valence-corrected chi connectivity index (χ4v) is 1.59. The Balaban J connectivity index is 2.66. The molecule has 0 radical (unpaired) electrons. The zero-order valence-electron chi connectivity index (χ0n) is 10.7. The summed E-state index contributed by atoms with van der Waals surface area (Å²) in [5.74, 6) is -2.37. The first-order valence-electron chi connectivity index (χ1n) is 5.47. The quantitative estimate of drug-likeness (QED) is 0.779. The molecule has 0 bridgehead atoms.